The largest absolute Gasteiger partial charge is 0.326 e. The number of nitrogens with zero attached hydrogens (tertiary/aromatic N) is 2. The number of carbonyl (C=O) groups excluding carboxylic acids is 1. The third-order valence-electron chi connectivity index (χ3n) is 2.41. The summed E-state index contributed by atoms with van der Waals surface area (Å²) in [5.74, 6) is -0.527. The van der Waals surface area contributed by atoms with Crippen LogP contribution in [0.15, 0.2) is 19.4 Å². The fourth-order valence-corrected chi connectivity index (χ4v) is 1.67. The van der Waals surface area contributed by atoms with Crippen LogP contribution in [-0.2, 0) is 17.8 Å². The molecule has 0 radical (unpaired) electrons. The number of aromatic nitrogens is 1. The molecule has 1 aromatic rings. The first-order valence-electron chi connectivity index (χ1n) is 4.78. The van der Waals surface area contributed by atoms with Gasteiger partial charge in [0.05, 0.1) is 24.0 Å². The molecule has 1 aliphatic heterocycles. The first-order chi connectivity index (χ1) is 7.65. The number of hydrogen-bond acceptors (Lipinski definition) is 3. The second-order valence-electron chi connectivity index (χ2n) is 3.21. The van der Waals surface area contributed by atoms with Crippen LogP contribution in [0, 0.1) is 5.82 Å². The van der Waals surface area contributed by atoms with Crippen LogP contribution in [0.25, 0.3) is 0 Å². The van der Waals surface area contributed by atoms with E-state index in [1.54, 1.807) is 7.05 Å². The fraction of sp³-hybridized carbons (Fsp3) is 0.273. The zero-order valence-electron chi connectivity index (χ0n) is 9.16. The molecule has 86 valence electrons. The van der Waals surface area contributed by atoms with Crippen LogP contribution in [-0.4, -0.2) is 17.9 Å². The fourth-order valence-electron chi connectivity index (χ4n) is 1.67. The SMILES string of the molecule is C=C.CN1C(=O)Cc2ncc(F)c(CN)c21. The van der Waals surface area contributed by atoms with E-state index < -0.39 is 5.82 Å². The van der Waals surface area contributed by atoms with Gasteiger partial charge in [0.25, 0.3) is 0 Å². The van der Waals surface area contributed by atoms with Crippen molar-refractivity contribution in [3.8, 4) is 0 Å². The lowest BCUT2D eigenvalue weighted by Crippen LogP contribution is -2.22. The third-order valence-corrected chi connectivity index (χ3v) is 2.41. The number of rotatable bonds is 1. The highest BCUT2D eigenvalue weighted by Gasteiger charge is 2.29. The van der Waals surface area contributed by atoms with E-state index in [0.717, 1.165) is 6.20 Å². The van der Waals surface area contributed by atoms with E-state index >= 15 is 0 Å². The zero-order valence-corrected chi connectivity index (χ0v) is 9.16. The van der Waals surface area contributed by atoms with Gasteiger partial charge in [-0.25, -0.2) is 4.39 Å². The molecule has 16 heavy (non-hydrogen) atoms. The van der Waals surface area contributed by atoms with E-state index in [-0.39, 0.29) is 18.9 Å². The molecule has 1 amide bonds. The minimum atomic E-state index is -0.451. The van der Waals surface area contributed by atoms with Gasteiger partial charge in [-0.1, -0.05) is 0 Å². The Balaban J connectivity index is 0.000000606. The molecule has 1 aliphatic rings. The maximum atomic E-state index is 13.3. The Bertz CT molecular complexity index is 420. The zero-order chi connectivity index (χ0) is 12.3. The summed E-state index contributed by atoms with van der Waals surface area (Å²) in [4.78, 5) is 16.6. The van der Waals surface area contributed by atoms with Crippen molar-refractivity contribution in [3.63, 3.8) is 0 Å². The normalized spacial score (nSPS) is 13.2. The molecule has 0 unspecified atom stereocenters. The molecule has 2 heterocycles. The predicted molar refractivity (Wildman–Crippen MR) is 60.5 cm³/mol. The first-order valence-corrected chi connectivity index (χ1v) is 4.78. The van der Waals surface area contributed by atoms with Gasteiger partial charge in [-0.15, -0.1) is 13.2 Å². The highest BCUT2D eigenvalue weighted by molar-refractivity contribution is 6.01. The number of anilines is 1. The van der Waals surface area contributed by atoms with E-state index in [9.17, 15) is 9.18 Å². The Labute approximate surface area is 93.6 Å². The Morgan fingerprint density at radius 1 is 1.62 bits per heavy atom. The summed E-state index contributed by atoms with van der Waals surface area (Å²) < 4.78 is 13.3. The molecule has 0 spiro atoms. The van der Waals surface area contributed by atoms with Crippen LogP contribution in [0.2, 0.25) is 0 Å². The Morgan fingerprint density at radius 2 is 2.25 bits per heavy atom. The quantitative estimate of drug-likeness (QED) is 0.722. The number of pyridine rings is 1. The molecule has 2 rings (SSSR count). The van der Waals surface area contributed by atoms with E-state index in [1.165, 1.54) is 4.90 Å². The molecular formula is C11H14FN3O. The average Bonchev–Trinajstić information content (AvgIpc) is 2.59. The molecule has 1 aromatic heterocycles. The van der Waals surface area contributed by atoms with E-state index in [0.29, 0.717) is 16.9 Å². The maximum Gasteiger partial charge on any atom is 0.232 e. The molecule has 5 heteroatoms. The van der Waals surface area contributed by atoms with Gasteiger partial charge in [0.1, 0.15) is 5.82 Å². The van der Waals surface area contributed by atoms with Crippen molar-refractivity contribution in [1.82, 2.24) is 4.98 Å². The summed E-state index contributed by atoms with van der Waals surface area (Å²) >= 11 is 0. The standard InChI is InChI=1S/C9H10FN3O.C2H4/c1-13-8(14)2-7-9(13)5(3-11)6(10)4-12-7;1-2/h4H,2-3,11H2,1H3;1-2H2. The third kappa shape index (κ3) is 1.81. The van der Waals surface area contributed by atoms with E-state index in [1.807, 2.05) is 0 Å². The molecule has 0 atom stereocenters. The Morgan fingerprint density at radius 3 is 2.81 bits per heavy atom. The Kier molecular flexibility index (Phi) is 3.73. The molecule has 4 nitrogen and oxygen atoms in total. The lowest BCUT2D eigenvalue weighted by atomic mass is 10.1. The molecular weight excluding hydrogens is 209 g/mol. The molecule has 2 N–H and O–H groups in total. The Hall–Kier alpha value is -1.75. The van der Waals surface area contributed by atoms with Gasteiger partial charge in [0.2, 0.25) is 5.91 Å². The van der Waals surface area contributed by atoms with Crippen molar-refractivity contribution in [2.24, 2.45) is 5.73 Å². The van der Waals surface area contributed by atoms with Gasteiger partial charge < -0.3 is 10.6 Å². The van der Waals surface area contributed by atoms with Crippen LogP contribution < -0.4 is 10.6 Å². The van der Waals surface area contributed by atoms with Crippen LogP contribution in [0.3, 0.4) is 0 Å². The van der Waals surface area contributed by atoms with Gasteiger partial charge >= 0.3 is 0 Å². The second-order valence-corrected chi connectivity index (χ2v) is 3.21. The van der Waals surface area contributed by atoms with Crippen molar-refractivity contribution in [3.05, 3.63) is 36.4 Å². The highest BCUT2D eigenvalue weighted by Crippen LogP contribution is 2.30. The van der Waals surface area contributed by atoms with Gasteiger partial charge in [0.15, 0.2) is 0 Å². The van der Waals surface area contributed by atoms with Crippen molar-refractivity contribution in [2.45, 2.75) is 13.0 Å². The van der Waals surface area contributed by atoms with Gasteiger partial charge in [0, 0.05) is 19.2 Å². The van der Waals surface area contributed by atoms with Gasteiger partial charge in [-0.3, -0.25) is 9.78 Å². The number of nitrogens with two attached hydrogens (primary N) is 1. The summed E-state index contributed by atoms with van der Waals surface area (Å²) in [7, 11) is 1.61. The molecule has 0 saturated carbocycles. The van der Waals surface area contributed by atoms with Crippen molar-refractivity contribution < 1.29 is 9.18 Å². The molecule has 0 aliphatic carbocycles. The van der Waals surface area contributed by atoms with E-state index in [4.69, 9.17) is 5.73 Å². The second kappa shape index (κ2) is 4.85. The molecule has 0 fully saturated rings. The van der Waals surface area contributed by atoms with Crippen molar-refractivity contribution in [2.75, 3.05) is 11.9 Å². The predicted octanol–water partition coefficient (Wildman–Crippen LogP) is 1.00. The van der Waals surface area contributed by atoms with E-state index in [2.05, 4.69) is 18.1 Å². The number of carbonyl (C=O) groups is 1. The lowest BCUT2D eigenvalue weighted by Gasteiger charge is -2.13. The first kappa shape index (κ1) is 12.3. The summed E-state index contributed by atoms with van der Waals surface area (Å²) in [5.41, 5.74) is 6.94. The summed E-state index contributed by atoms with van der Waals surface area (Å²) in [6.45, 7) is 6.08. The van der Waals surface area contributed by atoms with Crippen molar-refractivity contribution >= 4 is 11.6 Å². The maximum absolute atomic E-state index is 13.3. The highest BCUT2D eigenvalue weighted by atomic mass is 19.1. The van der Waals surface area contributed by atoms with Crippen LogP contribution in [0.4, 0.5) is 10.1 Å². The van der Waals surface area contributed by atoms with Crippen LogP contribution in [0.5, 0.6) is 0 Å². The van der Waals surface area contributed by atoms with Gasteiger partial charge in [-0.2, -0.15) is 0 Å². The average molecular weight is 223 g/mol. The summed E-state index contributed by atoms with van der Waals surface area (Å²) in [6.07, 6.45) is 1.35. The minimum Gasteiger partial charge on any atom is -0.326 e. The lowest BCUT2D eigenvalue weighted by molar-refractivity contribution is -0.117. The number of amides is 1. The van der Waals surface area contributed by atoms with Crippen LogP contribution >= 0.6 is 0 Å². The molecule has 0 bridgehead atoms. The minimum absolute atomic E-state index is 0.0761. The van der Waals surface area contributed by atoms with Gasteiger partial charge in [-0.05, 0) is 0 Å². The molecule has 0 aromatic carbocycles. The topological polar surface area (TPSA) is 59.2 Å². The summed E-state index contributed by atoms with van der Waals surface area (Å²) in [5, 5.41) is 0. The van der Waals surface area contributed by atoms with Crippen molar-refractivity contribution in [1.29, 1.82) is 0 Å². The number of halogens is 1. The monoisotopic (exact) mass is 223 g/mol. The molecule has 0 saturated heterocycles. The number of fused-ring (bicyclic) bond motifs is 1. The summed E-state index contributed by atoms with van der Waals surface area (Å²) in [6, 6.07) is 0. The van der Waals surface area contributed by atoms with Crippen LogP contribution in [0.1, 0.15) is 11.3 Å². The number of hydrogen-bond donors (Lipinski definition) is 1. The smallest absolute Gasteiger partial charge is 0.232 e. The number of likely N-dealkylation sites (N-methyl/N-ethyl adjacent to an activating group) is 1.